The standard InChI is InChI=1S/C12H13NO3/c1-12(2,11(14)15)16-10-6-4-3-5-9(10)7-8-13/h3-6H,7H2,1-2H3,(H,14,15). The maximum atomic E-state index is 10.9. The summed E-state index contributed by atoms with van der Waals surface area (Å²) in [6.07, 6.45) is 0.200. The molecule has 1 N–H and O–H groups in total. The highest BCUT2D eigenvalue weighted by Crippen LogP contribution is 2.23. The van der Waals surface area contributed by atoms with Gasteiger partial charge in [-0.1, -0.05) is 18.2 Å². The quantitative estimate of drug-likeness (QED) is 0.840. The third-order valence-corrected chi connectivity index (χ3v) is 2.12. The van der Waals surface area contributed by atoms with Crippen LogP contribution in [0.4, 0.5) is 0 Å². The van der Waals surface area contributed by atoms with Crippen molar-refractivity contribution >= 4 is 5.97 Å². The third-order valence-electron chi connectivity index (χ3n) is 2.12. The molecule has 4 heteroatoms. The fraction of sp³-hybridized carbons (Fsp3) is 0.333. The lowest BCUT2D eigenvalue weighted by molar-refractivity contribution is -0.152. The van der Waals surface area contributed by atoms with Gasteiger partial charge in [-0.25, -0.2) is 4.79 Å². The van der Waals surface area contributed by atoms with Crippen molar-refractivity contribution in [2.45, 2.75) is 25.9 Å². The molecule has 0 bridgehead atoms. The molecule has 84 valence electrons. The van der Waals surface area contributed by atoms with Gasteiger partial charge in [-0.2, -0.15) is 5.26 Å². The molecule has 1 aromatic carbocycles. The van der Waals surface area contributed by atoms with Gasteiger partial charge in [-0.15, -0.1) is 0 Å². The number of hydrogen-bond donors (Lipinski definition) is 1. The molecule has 0 fully saturated rings. The smallest absolute Gasteiger partial charge is 0.347 e. The number of nitrogens with zero attached hydrogens (tertiary/aromatic N) is 1. The number of aliphatic carboxylic acids is 1. The van der Waals surface area contributed by atoms with Gasteiger partial charge in [0.2, 0.25) is 0 Å². The summed E-state index contributed by atoms with van der Waals surface area (Å²) >= 11 is 0. The molecule has 0 atom stereocenters. The highest BCUT2D eigenvalue weighted by atomic mass is 16.5. The first kappa shape index (κ1) is 12.1. The van der Waals surface area contributed by atoms with Crippen LogP contribution in [-0.2, 0) is 11.2 Å². The fourth-order valence-corrected chi connectivity index (χ4v) is 1.15. The van der Waals surface area contributed by atoms with Crippen molar-refractivity contribution in [2.24, 2.45) is 0 Å². The number of carbonyl (C=O) groups is 1. The Morgan fingerprint density at radius 1 is 1.50 bits per heavy atom. The minimum Gasteiger partial charge on any atom is -0.478 e. The van der Waals surface area contributed by atoms with E-state index >= 15 is 0 Å². The first-order valence-electron chi connectivity index (χ1n) is 4.84. The SMILES string of the molecule is CC(C)(Oc1ccccc1CC#N)C(=O)O. The zero-order valence-corrected chi connectivity index (χ0v) is 9.23. The predicted molar refractivity (Wildman–Crippen MR) is 58.1 cm³/mol. The van der Waals surface area contributed by atoms with Crippen LogP contribution >= 0.6 is 0 Å². The number of carboxylic acid groups (broad SMARTS) is 1. The summed E-state index contributed by atoms with van der Waals surface area (Å²) in [6, 6.07) is 8.95. The van der Waals surface area contributed by atoms with E-state index in [9.17, 15) is 4.79 Å². The summed E-state index contributed by atoms with van der Waals surface area (Å²) in [5.74, 6) is -0.601. The van der Waals surface area contributed by atoms with Crippen molar-refractivity contribution in [3.8, 4) is 11.8 Å². The van der Waals surface area contributed by atoms with Crippen LogP contribution in [-0.4, -0.2) is 16.7 Å². The van der Waals surface area contributed by atoms with Gasteiger partial charge in [0.15, 0.2) is 5.60 Å². The van der Waals surface area contributed by atoms with Crippen LogP contribution in [0.15, 0.2) is 24.3 Å². The largest absolute Gasteiger partial charge is 0.478 e. The number of rotatable bonds is 4. The summed E-state index contributed by atoms with van der Waals surface area (Å²) in [7, 11) is 0. The molecule has 0 aliphatic rings. The summed E-state index contributed by atoms with van der Waals surface area (Å²) in [4.78, 5) is 10.9. The van der Waals surface area contributed by atoms with Crippen LogP contribution in [0, 0.1) is 11.3 Å². The van der Waals surface area contributed by atoms with Gasteiger partial charge < -0.3 is 9.84 Å². The van der Waals surface area contributed by atoms with E-state index in [1.54, 1.807) is 24.3 Å². The van der Waals surface area contributed by atoms with Crippen LogP contribution in [0.3, 0.4) is 0 Å². The number of ether oxygens (including phenoxy) is 1. The Balaban J connectivity index is 2.97. The second kappa shape index (κ2) is 4.67. The Hall–Kier alpha value is -2.02. The lowest BCUT2D eigenvalue weighted by Gasteiger charge is -2.22. The molecule has 1 rings (SSSR count). The molecule has 0 unspecified atom stereocenters. The molecule has 0 saturated heterocycles. The van der Waals surface area contributed by atoms with Gasteiger partial charge in [-0.3, -0.25) is 0 Å². The lowest BCUT2D eigenvalue weighted by atomic mass is 10.1. The number of carboxylic acids is 1. The van der Waals surface area contributed by atoms with E-state index in [-0.39, 0.29) is 6.42 Å². The van der Waals surface area contributed by atoms with Gasteiger partial charge >= 0.3 is 5.97 Å². The molecule has 0 aliphatic heterocycles. The van der Waals surface area contributed by atoms with Crippen molar-refractivity contribution in [3.05, 3.63) is 29.8 Å². The molecule has 1 aromatic rings. The van der Waals surface area contributed by atoms with E-state index in [4.69, 9.17) is 15.1 Å². The van der Waals surface area contributed by atoms with Crippen LogP contribution in [0.1, 0.15) is 19.4 Å². The van der Waals surface area contributed by atoms with E-state index in [1.807, 2.05) is 6.07 Å². The van der Waals surface area contributed by atoms with Crippen molar-refractivity contribution < 1.29 is 14.6 Å². The normalized spacial score (nSPS) is 10.6. The van der Waals surface area contributed by atoms with Crippen LogP contribution in [0.2, 0.25) is 0 Å². The molecule has 0 spiro atoms. The Morgan fingerprint density at radius 2 is 2.12 bits per heavy atom. The van der Waals surface area contributed by atoms with Gasteiger partial charge in [-0.05, 0) is 19.9 Å². The molecular formula is C12H13NO3. The van der Waals surface area contributed by atoms with Gasteiger partial charge in [0.05, 0.1) is 12.5 Å². The second-order valence-corrected chi connectivity index (χ2v) is 3.86. The fourth-order valence-electron chi connectivity index (χ4n) is 1.15. The van der Waals surface area contributed by atoms with E-state index in [2.05, 4.69) is 0 Å². The Morgan fingerprint density at radius 3 is 2.69 bits per heavy atom. The molecule has 0 saturated carbocycles. The van der Waals surface area contributed by atoms with Crippen LogP contribution in [0.25, 0.3) is 0 Å². The summed E-state index contributed by atoms with van der Waals surface area (Å²) in [5, 5.41) is 17.6. The molecule has 0 aliphatic carbocycles. The zero-order valence-electron chi connectivity index (χ0n) is 9.23. The third kappa shape index (κ3) is 2.74. The number of nitriles is 1. The van der Waals surface area contributed by atoms with Gasteiger partial charge in [0.1, 0.15) is 5.75 Å². The van der Waals surface area contributed by atoms with E-state index in [0.717, 1.165) is 0 Å². The molecule has 0 amide bonds. The number of hydrogen-bond acceptors (Lipinski definition) is 3. The second-order valence-electron chi connectivity index (χ2n) is 3.86. The average Bonchev–Trinajstić information content (AvgIpc) is 2.20. The van der Waals surface area contributed by atoms with Crippen molar-refractivity contribution in [1.82, 2.24) is 0 Å². The summed E-state index contributed by atoms with van der Waals surface area (Å²) in [6.45, 7) is 2.94. The monoisotopic (exact) mass is 219 g/mol. The summed E-state index contributed by atoms with van der Waals surface area (Å²) in [5.41, 5.74) is -0.606. The molecule has 16 heavy (non-hydrogen) atoms. The molecular weight excluding hydrogens is 206 g/mol. The molecule has 0 heterocycles. The maximum absolute atomic E-state index is 10.9. The Bertz CT molecular complexity index is 432. The first-order valence-corrected chi connectivity index (χ1v) is 4.84. The first-order chi connectivity index (χ1) is 7.47. The molecule has 4 nitrogen and oxygen atoms in total. The van der Waals surface area contributed by atoms with E-state index in [0.29, 0.717) is 11.3 Å². The summed E-state index contributed by atoms with van der Waals surface area (Å²) < 4.78 is 5.40. The van der Waals surface area contributed by atoms with Crippen LogP contribution < -0.4 is 4.74 Å². The van der Waals surface area contributed by atoms with Crippen molar-refractivity contribution in [3.63, 3.8) is 0 Å². The van der Waals surface area contributed by atoms with Crippen LogP contribution in [0.5, 0.6) is 5.75 Å². The number of benzene rings is 1. The minimum absolute atomic E-state index is 0.200. The van der Waals surface area contributed by atoms with Gasteiger partial charge in [0, 0.05) is 5.56 Å². The highest BCUT2D eigenvalue weighted by molar-refractivity contribution is 5.76. The predicted octanol–water partition coefficient (Wildman–Crippen LogP) is 1.99. The maximum Gasteiger partial charge on any atom is 0.347 e. The molecule has 0 aromatic heterocycles. The average molecular weight is 219 g/mol. The molecule has 0 radical (unpaired) electrons. The van der Waals surface area contributed by atoms with E-state index in [1.165, 1.54) is 13.8 Å². The van der Waals surface area contributed by atoms with Crippen molar-refractivity contribution in [1.29, 1.82) is 5.26 Å². The number of para-hydroxylation sites is 1. The minimum atomic E-state index is -1.30. The topological polar surface area (TPSA) is 70.3 Å². The van der Waals surface area contributed by atoms with E-state index < -0.39 is 11.6 Å². The Kier molecular flexibility index (Phi) is 3.51. The highest BCUT2D eigenvalue weighted by Gasteiger charge is 2.29. The lowest BCUT2D eigenvalue weighted by Crippen LogP contribution is -2.38. The van der Waals surface area contributed by atoms with Crippen molar-refractivity contribution in [2.75, 3.05) is 0 Å². The van der Waals surface area contributed by atoms with Gasteiger partial charge in [0.25, 0.3) is 0 Å². The Labute approximate surface area is 94.1 Å². The zero-order chi connectivity index (χ0) is 12.2.